The fourth-order valence-corrected chi connectivity index (χ4v) is 4.38. The average Bonchev–Trinajstić information content (AvgIpc) is 2.61. The molecule has 144 valence electrons. The summed E-state index contributed by atoms with van der Waals surface area (Å²) in [6, 6.07) is 7.53. The molecule has 0 spiro atoms. The second-order valence-corrected chi connectivity index (χ2v) is 7.55. The normalized spacial score (nSPS) is 25.4. The first kappa shape index (κ1) is 18.0. The molecule has 4 rings (SSSR count). The molecule has 2 N–H and O–H groups in total. The predicted octanol–water partition coefficient (Wildman–Crippen LogP) is 2.15. The van der Waals surface area contributed by atoms with Gasteiger partial charge in [-0.05, 0) is 44.4 Å². The Morgan fingerprint density at radius 3 is 2.85 bits per heavy atom. The number of piperidine rings is 1. The van der Waals surface area contributed by atoms with E-state index in [0.717, 1.165) is 43.3 Å². The summed E-state index contributed by atoms with van der Waals surface area (Å²) in [6.07, 6.45) is 4.54. The summed E-state index contributed by atoms with van der Waals surface area (Å²) in [5.41, 5.74) is 1.41. The number of fused-ring (bicyclic) bond motifs is 1. The number of rotatable bonds is 5. The van der Waals surface area contributed by atoms with Gasteiger partial charge in [-0.3, -0.25) is 4.79 Å². The van der Waals surface area contributed by atoms with Crippen LogP contribution in [0.4, 0.5) is 5.82 Å². The first-order valence-corrected chi connectivity index (χ1v) is 9.84. The number of hydrogen-bond donors (Lipinski definition) is 2. The second kappa shape index (κ2) is 7.31. The number of carboxylic acid groups (broad SMARTS) is 1. The molecule has 1 aromatic carbocycles. The maximum atomic E-state index is 13.4. The molecule has 3 atom stereocenters. The van der Waals surface area contributed by atoms with E-state index in [2.05, 4.69) is 17.2 Å². The van der Waals surface area contributed by atoms with Gasteiger partial charge in [0.1, 0.15) is 6.04 Å². The number of aliphatic carboxylic acids is 1. The lowest BCUT2D eigenvalue weighted by Crippen LogP contribution is -2.55. The largest absolute Gasteiger partial charge is 0.480 e. The fraction of sp³-hybridized carbons (Fsp3) is 0.550. The first-order valence-electron chi connectivity index (χ1n) is 9.84. The number of nitrogens with zero attached hydrogens (tertiary/aromatic N) is 3. The molecule has 0 saturated carbocycles. The van der Waals surface area contributed by atoms with Gasteiger partial charge in [-0.25, -0.2) is 9.78 Å². The summed E-state index contributed by atoms with van der Waals surface area (Å²) in [5.74, 6) is -0.620. The smallest absolute Gasteiger partial charge is 0.326 e. The first-order chi connectivity index (χ1) is 13.1. The van der Waals surface area contributed by atoms with Crippen LogP contribution in [-0.4, -0.2) is 45.8 Å². The third kappa shape index (κ3) is 3.20. The molecule has 1 aromatic heterocycles. The van der Waals surface area contributed by atoms with Gasteiger partial charge in [-0.2, -0.15) is 0 Å². The molecule has 2 saturated heterocycles. The van der Waals surface area contributed by atoms with Crippen molar-refractivity contribution in [3.8, 4) is 0 Å². The highest BCUT2D eigenvalue weighted by Crippen LogP contribution is 2.29. The van der Waals surface area contributed by atoms with E-state index in [1.54, 1.807) is 4.90 Å². The van der Waals surface area contributed by atoms with Crippen LogP contribution in [0.5, 0.6) is 0 Å². The lowest BCUT2D eigenvalue weighted by molar-refractivity contribution is -0.140. The summed E-state index contributed by atoms with van der Waals surface area (Å²) in [6.45, 7) is 3.62. The monoisotopic (exact) mass is 370 g/mol. The minimum Gasteiger partial charge on any atom is -0.480 e. The predicted molar refractivity (Wildman–Crippen MR) is 104 cm³/mol. The molecule has 3 heterocycles. The minimum atomic E-state index is -0.896. The van der Waals surface area contributed by atoms with Gasteiger partial charge in [-0.1, -0.05) is 25.5 Å². The summed E-state index contributed by atoms with van der Waals surface area (Å²) in [5, 5.41) is 12.9. The van der Waals surface area contributed by atoms with Crippen LogP contribution >= 0.6 is 0 Å². The van der Waals surface area contributed by atoms with Crippen molar-refractivity contribution in [2.75, 3.05) is 18.0 Å². The molecule has 2 fully saturated rings. The molecule has 2 aliphatic heterocycles. The summed E-state index contributed by atoms with van der Waals surface area (Å²) in [7, 11) is 0. The Morgan fingerprint density at radius 2 is 2.15 bits per heavy atom. The number of carboxylic acids is 1. The Kier molecular flexibility index (Phi) is 4.86. The standard InChI is InChI=1S/C20H26N4O3/c1-2-5-13-12-14(8-10-21-13)24-16-7-4-3-6-15(16)22-18(19(24)25)23-11-9-17(23)20(26)27/h3-4,6-7,13-14,17,21H,2,5,8-12H2,1H3,(H,26,27)/t13-,14-,17-/m0/s1. The molecule has 7 heteroatoms. The maximum absolute atomic E-state index is 13.4. The molecule has 0 amide bonds. The van der Waals surface area contributed by atoms with Gasteiger partial charge in [-0.15, -0.1) is 0 Å². The van der Waals surface area contributed by atoms with Crippen LogP contribution < -0.4 is 15.8 Å². The molecular weight excluding hydrogens is 344 g/mol. The Labute approximate surface area is 158 Å². The summed E-state index contributed by atoms with van der Waals surface area (Å²) >= 11 is 0. The van der Waals surface area contributed by atoms with E-state index >= 15 is 0 Å². The third-order valence-electron chi connectivity index (χ3n) is 5.82. The molecule has 7 nitrogen and oxygen atoms in total. The van der Waals surface area contributed by atoms with Crippen LogP contribution in [0.3, 0.4) is 0 Å². The van der Waals surface area contributed by atoms with Crippen LogP contribution in [0.25, 0.3) is 11.0 Å². The van der Waals surface area contributed by atoms with E-state index in [4.69, 9.17) is 0 Å². The number of benzene rings is 1. The van der Waals surface area contributed by atoms with Crippen LogP contribution in [0, 0.1) is 0 Å². The van der Waals surface area contributed by atoms with Crippen molar-refractivity contribution in [3.05, 3.63) is 34.6 Å². The van der Waals surface area contributed by atoms with Crippen LogP contribution in [0.2, 0.25) is 0 Å². The molecule has 0 bridgehead atoms. The van der Waals surface area contributed by atoms with E-state index in [9.17, 15) is 14.7 Å². The lowest BCUT2D eigenvalue weighted by atomic mass is 9.95. The Hall–Kier alpha value is -2.41. The van der Waals surface area contributed by atoms with Gasteiger partial charge in [0, 0.05) is 18.6 Å². The number of aromatic nitrogens is 2. The Morgan fingerprint density at radius 1 is 1.33 bits per heavy atom. The fourth-order valence-electron chi connectivity index (χ4n) is 4.38. The maximum Gasteiger partial charge on any atom is 0.326 e. The van der Waals surface area contributed by atoms with Gasteiger partial charge in [0.2, 0.25) is 0 Å². The van der Waals surface area contributed by atoms with E-state index in [0.29, 0.717) is 19.0 Å². The summed E-state index contributed by atoms with van der Waals surface area (Å²) < 4.78 is 1.87. The van der Waals surface area contributed by atoms with E-state index in [-0.39, 0.29) is 17.4 Å². The average molecular weight is 370 g/mol. The molecule has 2 aliphatic rings. The van der Waals surface area contributed by atoms with Gasteiger partial charge in [0.25, 0.3) is 5.56 Å². The quantitative estimate of drug-likeness (QED) is 0.839. The minimum absolute atomic E-state index is 0.103. The number of para-hydroxylation sites is 2. The van der Waals surface area contributed by atoms with Gasteiger partial charge >= 0.3 is 5.97 Å². The zero-order valence-corrected chi connectivity index (χ0v) is 15.6. The summed E-state index contributed by atoms with van der Waals surface area (Å²) in [4.78, 5) is 31.0. The molecule has 0 unspecified atom stereocenters. The number of nitrogens with one attached hydrogen (secondary N) is 1. The van der Waals surface area contributed by atoms with Crippen molar-refractivity contribution in [3.63, 3.8) is 0 Å². The molecule has 27 heavy (non-hydrogen) atoms. The topological polar surface area (TPSA) is 87.5 Å². The van der Waals surface area contributed by atoms with E-state index < -0.39 is 12.0 Å². The number of anilines is 1. The Bertz CT molecular complexity index is 908. The number of carbonyl (C=O) groups is 1. The Balaban J connectivity index is 1.80. The second-order valence-electron chi connectivity index (χ2n) is 7.55. The highest BCUT2D eigenvalue weighted by molar-refractivity contribution is 5.81. The van der Waals surface area contributed by atoms with E-state index in [1.807, 2.05) is 28.8 Å². The lowest BCUT2D eigenvalue weighted by Gasteiger charge is -2.39. The highest BCUT2D eigenvalue weighted by atomic mass is 16.4. The molecule has 0 aliphatic carbocycles. The van der Waals surface area contributed by atoms with Crippen molar-refractivity contribution in [2.24, 2.45) is 0 Å². The van der Waals surface area contributed by atoms with Crippen molar-refractivity contribution in [1.29, 1.82) is 0 Å². The SMILES string of the molecule is CCC[C@H]1C[C@@H](n2c(=O)c(N3CC[C@H]3C(=O)O)nc3ccccc32)CCN1. The van der Waals surface area contributed by atoms with Gasteiger partial charge < -0.3 is 19.9 Å². The van der Waals surface area contributed by atoms with Crippen LogP contribution in [0.15, 0.2) is 29.1 Å². The van der Waals surface area contributed by atoms with Crippen molar-refractivity contribution < 1.29 is 9.90 Å². The van der Waals surface area contributed by atoms with Gasteiger partial charge in [0.15, 0.2) is 5.82 Å². The third-order valence-corrected chi connectivity index (χ3v) is 5.82. The zero-order valence-electron chi connectivity index (χ0n) is 15.6. The van der Waals surface area contributed by atoms with Crippen LogP contribution in [-0.2, 0) is 4.79 Å². The van der Waals surface area contributed by atoms with Crippen molar-refractivity contribution in [2.45, 2.75) is 57.2 Å². The molecule has 0 radical (unpaired) electrons. The molecule has 2 aromatic rings. The van der Waals surface area contributed by atoms with Gasteiger partial charge in [0.05, 0.1) is 11.0 Å². The van der Waals surface area contributed by atoms with Crippen molar-refractivity contribution in [1.82, 2.24) is 14.9 Å². The van der Waals surface area contributed by atoms with E-state index in [1.165, 1.54) is 0 Å². The zero-order chi connectivity index (χ0) is 19.0. The molecular formula is C20H26N4O3. The number of hydrogen-bond acceptors (Lipinski definition) is 5. The highest BCUT2D eigenvalue weighted by Gasteiger charge is 2.37. The van der Waals surface area contributed by atoms with Crippen LogP contribution in [0.1, 0.15) is 45.1 Å². The van der Waals surface area contributed by atoms with Crippen molar-refractivity contribution >= 4 is 22.8 Å².